The maximum absolute atomic E-state index is 4.95. The molecule has 8 heavy (non-hydrogen) atoms. The van der Waals surface area contributed by atoms with Gasteiger partial charge in [-0.05, 0) is 13.8 Å². The van der Waals surface area contributed by atoms with Gasteiger partial charge in [-0.1, -0.05) is 5.23 Å². The van der Waals surface area contributed by atoms with Crippen molar-refractivity contribution in [1.29, 1.82) is 0 Å². The number of hydrogen-bond acceptors (Lipinski definition) is 3. The SMILES string of the molecule is CCON(CC)OC. The van der Waals surface area contributed by atoms with Crippen LogP contribution in [-0.2, 0) is 9.68 Å². The van der Waals surface area contributed by atoms with Gasteiger partial charge in [0.05, 0.1) is 13.7 Å². The van der Waals surface area contributed by atoms with Crippen molar-refractivity contribution in [2.75, 3.05) is 20.3 Å². The summed E-state index contributed by atoms with van der Waals surface area (Å²) in [5.74, 6) is 0. The Morgan fingerprint density at radius 3 is 2.12 bits per heavy atom. The summed E-state index contributed by atoms with van der Waals surface area (Å²) in [5.41, 5.74) is 0. The molecule has 0 spiro atoms. The first-order valence-corrected chi connectivity index (χ1v) is 2.79. The van der Waals surface area contributed by atoms with Crippen LogP contribution in [0.1, 0.15) is 13.8 Å². The molecular weight excluding hydrogens is 106 g/mol. The maximum atomic E-state index is 4.95. The summed E-state index contributed by atoms with van der Waals surface area (Å²) in [7, 11) is 1.58. The van der Waals surface area contributed by atoms with E-state index in [0.717, 1.165) is 6.54 Å². The molecule has 0 saturated heterocycles. The first-order chi connectivity index (χ1) is 3.85. The Bertz CT molecular complexity index is 45.7. The van der Waals surface area contributed by atoms with Crippen LogP contribution in [0, 0.1) is 0 Å². The number of rotatable bonds is 4. The highest BCUT2D eigenvalue weighted by Gasteiger charge is 1.94. The van der Waals surface area contributed by atoms with Gasteiger partial charge in [-0.3, -0.25) is 9.68 Å². The Kier molecular flexibility index (Phi) is 4.95. The molecule has 0 aliphatic carbocycles. The molecule has 0 aromatic carbocycles. The standard InChI is InChI=1S/C5H13NO2/c1-4-6(7-3)8-5-2/h4-5H2,1-3H3. The lowest BCUT2D eigenvalue weighted by Gasteiger charge is -2.14. The van der Waals surface area contributed by atoms with Gasteiger partial charge in [-0.25, -0.2) is 0 Å². The van der Waals surface area contributed by atoms with E-state index in [2.05, 4.69) is 0 Å². The molecule has 0 rings (SSSR count). The molecule has 0 radical (unpaired) electrons. The van der Waals surface area contributed by atoms with E-state index >= 15 is 0 Å². The molecule has 0 aliphatic heterocycles. The first-order valence-electron chi connectivity index (χ1n) is 2.79. The van der Waals surface area contributed by atoms with Crippen LogP contribution in [0.3, 0.4) is 0 Å². The van der Waals surface area contributed by atoms with Crippen molar-refractivity contribution in [3.05, 3.63) is 0 Å². The zero-order valence-electron chi connectivity index (χ0n) is 5.68. The Labute approximate surface area is 50.1 Å². The fourth-order valence-electron chi connectivity index (χ4n) is 0.417. The van der Waals surface area contributed by atoms with Crippen molar-refractivity contribution in [1.82, 2.24) is 5.23 Å². The molecule has 0 bridgehead atoms. The van der Waals surface area contributed by atoms with Crippen molar-refractivity contribution in [3.8, 4) is 0 Å². The van der Waals surface area contributed by atoms with Crippen molar-refractivity contribution in [2.45, 2.75) is 13.8 Å². The summed E-state index contributed by atoms with van der Waals surface area (Å²) < 4.78 is 0. The van der Waals surface area contributed by atoms with Crippen LogP contribution in [0.5, 0.6) is 0 Å². The maximum Gasteiger partial charge on any atom is 0.0683 e. The van der Waals surface area contributed by atoms with Crippen LogP contribution in [0.2, 0.25) is 0 Å². The summed E-state index contributed by atoms with van der Waals surface area (Å²) in [6, 6.07) is 0. The number of hydroxylamine groups is 2. The van der Waals surface area contributed by atoms with Gasteiger partial charge in [0.2, 0.25) is 0 Å². The Morgan fingerprint density at radius 1 is 1.38 bits per heavy atom. The lowest BCUT2D eigenvalue weighted by atomic mass is 10.8. The average molecular weight is 119 g/mol. The molecule has 0 N–H and O–H groups in total. The number of nitrogens with zero attached hydrogens (tertiary/aromatic N) is 1. The van der Waals surface area contributed by atoms with E-state index < -0.39 is 0 Å². The zero-order valence-corrected chi connectivity index (χ0v) is 5.68. The minimum absolute atomic E-state index is 0.654. The fraction of sp³-hybridized carbons (Fsp3) is 1.00. The molecule has 0 aromatic heterocycles. The van der Waals surface area contributed by atoms with E-state index in [1.807, 2.05) is 13.8 Å². The Balaban J connectivity index is 3.07. The molecule has 0 atom stereocenters. The second kappa shape index (κ2) is 5.03. The molecule has 0 fully saturated rings. The third kappa shape index (κ3) is 2.96. The van der Waals surface area contributed by atoms with Crippen LogP contribution < -0.4 is 0 Å². The molecule has 0 saturated carbocycles. The molecule has 3 nitrogen and oxygen atoms in total. The molecule has 0 aromatic rings. The first kappa shape index (κ1) is 7.88. The van der Waals surface area contributed by atoms with E-state index in [-0.39, 0.29) is 0 Å². The average Bonchev–Trinajstić information content (AvgIpc) is 1.83. The van der Waals surface area contributed by atoms with Gasteiger partial charge in [-0.2, -0.15) is 0 Å². The highest BCUT2D eigenvalue weighted by atomic mass is 16.9. The smallest absolute Gasteiger partial charge is 0.0683 e. The highest BCUT2D eigenvalue weighted by Crippen LogP contribution is 1.86. The van der Waals surface area contributed by atoms with Gasteiger partial charge >= 0.3 is 0 Å². The van der Waals surface area contributed by atoms with Gasteiger partial charge in [0.15, 0.2) is 0 Å². The summed E-state index contributed by atoms with van der Waals surface area (Å²) in [5, 5.41) is 1.43. The highest BCUT2D eigenvalue weighted by molar-refractivity contribution is 4.14. The Hall–Kier alpha value is -0.120. The third-order valence-corrected chi connectivity index (χ3v) is 0.735. The fourth-order valence-corrected chi connectivity index (χ4v) is 0.417. The monoisotopic (exact) mass is 119 g/mol. The van der Waals surface area contributed by atoms with Gasteiger partial charge < -0.3 is 0 Å². The van der Waals surface area contributed by atoms with Crippen LogP contribution >= 0.6 is 0 Å². The summed E-state index contributed by atoms with van der Waals surface area (Å²) >= 11 is 0. The van der Waals surface area contributed by atoms with Crippen molar-refractivity contribution >= 4 is 0 Å². The van der Waals surface area contributed by atoms with Crippen LogP contribution in [0.4, 0.5) is 0 Å². The predicted molar refractivity (Wildman–Crippen MR) is 31.0 cm³/mol. The van der Waals surface area contributed by atoms with E-state index in [1.54, 1.807) is 7.11 Å². The second-order valence-electron chi connectivity index (χ2n) is 1.25. The number of hydrogen-bond donors (Lipinski definition) is 0. The van der Waals surface area contributed by atoms with Crippen LogP contribution in [0.25, 0.3) is 0 Å². The van der Waals surface area contributed by atoms with E-state index in [4.69, 9.17) is 9.68 Å². The van der Waals surface area contributed by atoms with Crippen molar-refractivity contribution in [2.24, 2.45) is 0 Å². The van der Waals surface area contributed by atoms with Crippen molar-refractivity contribution < 1.29 is 9.68 Å². The summed E-state index contributed by atoms with van der Waals surface area (Å²) in [6.07, 6.45) is 0. The lowest BCUT2D eigenvalue weighted by molar-refractivity contribution is -0.351. The molecule has 0 unspecified atom stereocenters. The summed E-state index contributed by atoms with van der Waals surface area (Å²) in [4.78, 5) is 9.70. The Morgan fingerprint density at radius 2 is 2.00 bits per heavy atom. The largest absolute Gasteiger partial charge is 0.278 e. The summed E-state index contributed by atoms with van der Waals surface area (Å²) in [6.45, 7) is 5.28. The molecule has 50 valence electrons. The van der Waals surface area contributed by atoms with E-state index in [1.165, 1.54) is 5.23 Å². The molecular formula is C5H13NO2. The lowest BCUT2D eigenvalue weighted by Crippen LogP contribution is -2.21. The van der Waals surface area contributed by atoms with E-state index in [9.17, 15) is 0 Å². The zero-order chi connectivity index (χ0) is 6.41. The van der Waals surface area contributed by atoms with Crippen LogP contribution in [-0.4, -0.2) is 25.5 Å². The third-order valence-electron chi connectivity index (χ3n) is 0.735. The van der Waals surface area contributed by atoms with E-state index in [0.29, 0.717) is 6.61 Å². The minimum atomic E-state index is 0.654. The van der Waals surface area contributed by atoms with Gasteiger partial charge in [-0.15, -0.1) is 0 Å². The minimum Gasteiger partial charge on any atom is -0.278 e. The molecule has 0 heterocycles. The van der Waals surface area contributed by atoms with Gasteiger partial charge in [0, 0.05) is 6.54 Å². The van der Waals surface area contributed by atoms with Crippen LogP contribution in [0.15, 0.2) is 0 Å². The molecule has 0 amide bonds. The normalized spacial score (nSPS) is 10.5. The van der Waals surface area contributed by atoms with Gasteiger partial charge in [0.25, 0.3) is 0 Å². The quantitative estimate of drug-likeness (QED) is 0.511. The topological polar surface area (TPSA) is 21.7 Å². The van der Waals surface area contributed by atoms with Gasteiger partial charge in [0.1, 0.15) is 0 Å². The molecule has 3 heteroatoms. The van der Waals surface area contributed by atoms with Crippen molar-refractivity contribution in [3.63, 3.8) is 0 Å². The molecule has 0 aliphatic rings. The second-order valence-corrected chi connectivity index (χ2v) is 1.25. The predicted octanol–water partition coefficient (Wildman–Crippen LogP) is 0.821.